The number of halogens is 1. The monoisotopic (exact) mass is 599 g/mol. The summed E-state index contributed by atoms with van der Waals surface area (Å²) >= 11 is 0. The second kappa shape index (κ2) is 14.7. The average Bonchev–Trinajstić information content (AvgIpc) is 2.99. The number of nitrogens with one attached hydrogen (secondary N) is 1. The summed E-state index contributed by atoms with van der Waals surface area (Å²) in [7, 11) is -1.56. The molecule has 0 saturated heterocycles. The van der Waals surface area contributed by atoms with Crippen molar-refractivity contribution in [2.45, 2.75) is 44.7 Å². The van der Waals surface area contributed by atoms with Crippen LogP contribution in [0.1, 0.15) is 32.8 Å². The summed E-state index contributed by atoms with van der Waals surface area (Å²) in [6.45, 7) is 5.60. The summed E-state index contributed by atoms with van der Waals surface area (Å²) in [5, 5.41) is 2.89. The topological polar surface area (TPSA) is 105 Å². The van der Waals surface area contributed by atoms with Gasteiger partial charge in [0.1, 0.15) is 18.4 Å². The van der Waals surface area contributed by atoms with E-state index in [2.05, 4.69) is 5.32 Å². The van der Waals surface area contributed by atoms with E-state index in [1.165, 1.54) is 49.5 Å². The van der Waals surface area contributed by atoms with Crippen LogP contribution < -0.4 is 19.1 Å². The minimum absolute atomic E-state index is 0.0801. The summed E-state index contributed by atoms with van der Waals surface area (Å²) in [5.74, 6) is -0.779. The van der Waals surface area contributed by atoms with Gasteiger partial charge >= 0.3 is 0 Å². The molecular formula is C31H38FN3O6S. The van der Waals surface area contributed by atoms with Crippen molar-refractivity contribution in [1.29, 1.82) is 0 Å². The first-order valence-corrected chi connectivity index (χ1v) is 15.1. The molecule has 0 bridgehead atoms. The highest BCUT2D eigenvalue weighted by molar-refractivity contribution is 7.92. The molecule has 11 heteroatoms. The predicted molar refractivity (Wildman–Crippen MR) is 159 cm³/mol. The van der Waals surface area contributed by atoms with Gasteiger partial charge in [-0.3, -0.25) is 13.9 Å². The Balaban J connectivity index is 2.07. The van der Waals surface area contributed by atoms with E-state index in [0.717, 1.165) is 22.0 Å². The zero-order valence-corrected chi connectivity index (χ0v) is 25.4. The molecule has 1 atom stereocenters. The zero-order valence-electron chi connectivity index (χ0n) is 24.5. The Hall–Kier alpha value is -4.12. The van der Waals surface area contributed by atoms with E-state index in [-0.39, 0.29) is 34.7 Å². The third kappa shape index (κ3) is 8.00. The molecule has 3 rings (SSSR count). The van der Waals surface area contributed by atoms with Gasteiger partial charge in [0.25, 0.3) is 10.0 Å². The van der Waals surface area contributed by atoms with Gasteiger partial charge in [-0.15, -0.1) is 0 Å². The number of carbonyl (C=O) groups excluding carboxylic acids is 2. The van der Waals surface area contributed by atoms with Gasteiger partial charge in [0.05, 0.1) is 24.8 Å². The Labute approximate surface area is 247 Å². The number of ether oxygens (including phenoxy) is 2. The number of methoxy groups -OCH3 is 2. The van der Waals surface area contributed by atoms with Crippen LogP contribution in [0.3, 0.4) is 0 Å². The SMILES string of the molecule is CC[C@H](C(=O)NCC(C)C)N(Cc1ccccc1)C(=O)CN(c1ccc(F)cc1)S(=O)(=O)c1ccc(OC)c(OC)c1. The maximum atomic E-state index is 14.1. The number of carbonyl (C=O) groups is 2. The standard InChI is InChI=1S/C31H38FN3O6S/c1-6-27(31(37)33-19-22(2)3)34(20-23-10-8-7-9-11-23)30(36)21-35(25-14-12-24(32)13-15-25)42(38,39)26-16-17-28(40-4)29(18-26)41-5/h7-18,22,27H,6,19-21H2,1-5H3,(H,33,37)/t27-/m1/s1. The summed E-state index contributed by atoms with van der Waals surface area (Å²) in [5.41, 5.74) is 0.855. The van der Waals surface area contributed by atoms with Crippen molar-refractivity contribution >= 4 is 27.5 Å². The smallest absolute Gasteiger partial charge is 0.264 e. The number of benzene rings is 3. The molecule has 3 aromatic rings. The zero-order chi connectivity index (χ0) is 30.9. The number of hydrogen-bond donors (Lipinski definition) is 1. The highest BCUT2D eigenvalue weighted by atomic mass is 32.2. The van der Waals surface area contributed by atoms with Crippen LogP contribution in [0.2, 0.25) is 0 Å². The lowest BCUT2D eigenvalue weighted by molar-refractivity contribution is -0.140. The molecule has 0 aliphatic rings. The third-order valence-electron chi connectivity index (χ3n) is 6.60. The van der Waals surface area contributed by atoms with E-state index in [4.69, 9.17) is 9.47 Å². The lowest BCUT2D eigenvalue weighted by Crippen LogP contribution is -2.52. The molecule has 0 aliphatic carbocycles. The molecule has 226 valence electrons. The van der Waals surface area contributed by atoms with E-state index >= 15 is 0 Å². The van der Waals surface area contributed by atoms with Crippen LogP contribution in [0.15, 0.2) is 77.7 Å². The summed E-state index contributed by atoms with van der Waals surface area (Å²) < 4.78 is 53.4. The number of amides is 2. The number of rotatable bonds is 14. The fourth-order valence-electron chi connectivity index (χ4n) is 4.36. The molecule has 1 N–H and O–H groups in total. The van der Waals surface area contributed by atoms with Crippen LogP contribution in [0.5, 0.6) is 11.5 Å². The molecule has 42 heavy (non-hydrogen) atoms. The van der Waals surface area contributed by atoms with Crippen molar-refractivity contribution in [1.82, 2.24) is 10.2 Å². The van der Waals surface area contributed by atoms with Crippen LogP contribution >= 0.6 is 0 Å². The maximum Gasteiger partial charge on any atom is 0.264 e. The molecule has 9 nitrogen and oxygen atoms in total. The molecule has 0 unspecified atom stereocenters. The number of hydrogen-bond acceptors (Lipinski definition) is 6. The van der Waals surface area contributed by atoms with Crippen molar-refractivity contribution in [3.05, 3.63) is 84.2 Å². The van der Waals surface area contributed by atoms with Crippen molar-refractivity contribution in [3.63, 3.8) is 0 Å². The van der Waals surface area contributed by atoms with Crippen LogP contribution in [0.25, 0.3) is 0 Å². The Morgan fingerprint density at radius 3 is 2.14 bits per heavy atom. The molecule has 3 aromatic carbocycles. The molecule has 0 saturated carbocycles. The van der Waals surface area contributed by atoms with Crippen LogP contribution in [0.4, 0.5) is 10.1 Å². The molecule has 0 radical (unpaired) electrons. The molecular weight excluding hydrogens is 561 g/mol. The Kier molecular flexibility index (Phi) is 11.3. The maximum absolute atomic E-state index is 14.1. The molecule has 0 aliphatic heterocycles. The van der Waals surface area contributed by atoms with Crippen LogP contribution in [-0.2, 0) is 26.2 Å². The molecule has 0 fully saturated rings. The second-order valence-electron chi connectivity index (χ2n) is 10.1. The Morgan fingerprint density at radius 2 is 1.57 bits per heavy atom. The molecule has 2 amide bonds. The number of anilines is 1. The highest BCUT2D eigenvalue weighted by Crippen LogP contribution is 2.32. The Bertz CT molecular complexity index is 1450. The van der Waals surface area contributed by atoms with Crippen LogP contribution in [0, 0.1) is 11.7 Å². The minimum atomic E-state index is -4.37. The Morgan fingerprint density at radius 1 is 0.929 bits per heavy atom. The third-order valence-corrected chi connectivity index (χ3v) is 8.37. The van der Waals surface area contributed by atoms with E-state index in [1.807, 2.05) is 44.2 Å². The van der Waals surface area contributed by atoms with Crippen molar-refractivity contribution in [2.24, 2.45) is 5.92 Å². The molecule has 0 aromatic heterocycles. The van der Waals surface area contributed by atoms with Crippen molar-refractivity contribution < 1.29 is 31.9 Å². The number of nitrogens with zero attached hydrogens (tertiary/aromatic N) is 2. The fourth-order valence-corrected chi connectivity index (χ4v) is 5.79. The molecule has 0 spiro atoms. The summed E-state index contributed by atoms with van der Waals surface area (Å²) in [6, 6.07) is 17.2. The quantitative estimate of drug-likeness (QED) is 0.290. The first-order valence-electron chi connectivity index (χ1n) is 13.6. The van der Waals surface area contributed by atoms with E-state index in [0.29, 0.717) is 18.7 Å². The van der Waals surface area contributed by atoms with Gasteiger partial charge in [-0.2, -0.15) is 0 Å². The van der Waals surface area contributed by atoms with Gasteiger partial charge in [-0.1, -0.05) is 51.1 Å². The predicted octanol–water partition coefficient (Wildman–Crippen LogP) is 4.62. The van der Waals surface area contributed by atoms with E-state index < -0.39 is 34.3 Å². The van der Waals surface area contributed by atoms with E-state index in [9.17, 15) is 22.4 Å². The van der Waals surface area contributed by atoms with Gasteiger partial charge in [0, 0.05) is 19.2 Å². The number of sulfonamides is 1. The fraction of sp³-hybridized carbons (Fsp3) is 0.355. The van der Waals surface area contributed by atoms with E-state index in [1.54, 1.807) is 6.92 Å². The molecule has 0 heterocycles. The lowest BCUT2D eigenvalue weighted by atomic mass is 10.1. The van der Waals surface area contributed by atoms with Crippen molar-refractivity contribution in [3.8, 4) is 11.5 Å². The van der Waals surface area contributed by atoms with Crippen molar-refractivity contribution in [2.75, 3.05) is 31.6 Å². The largest absolute Gasteiger partial charge is 0.493 e. The van der Waals surface area contributed by atoms with Gasteiger partial charge in [-0.05, 0) is 54.3 Å². The lowest BCUT2D eigenvalue weighted by Gasteiger charge is -2.33. The summed E-state index contributed by atoms with van der Waals surface area (Å²) in [6.07, 6.45) is 0.307. The van der Waals surface area contributed by atoms with Gasteiger partial charge in [-0.25, -0.2) is 12.8 Å². The van der Waals surface area contributed by atoms with Crippen LogP contribution in [-0.4, -0.2) is 58.5 Å². The average molecular weight is 600 g/mol. The minimum Gasteiger partial charge on any atom is -0.493 e. The second-order valence-corrected chi connectivity index (χ2v) is 11.9. The first-order chi connectivity index (χ1) is 20.0. The van der Waals surface area contributed by atoms with Gasteiger partial charge < -0.3 is 19.7 Å². The first kappa shape index (κ1) is 32.4. The highest BCUT2D eigenvalue weighted by Gasteiger charge is 2.34. The summed E-state index contributed by atoms with van der Waals surface area (Å²) in [4.78, 5) is 28.6. The van der Waals surface area contributed by atoms with Gasteiger partial charge in [0.15, 0.2) is 11.5 Å². The normalized spacial score (nSPS) is 12.0. The van der Waals surface area contributed by atoms with Gasteiger partial charge in [0.2, 0.25) is 11.8 Å².